The molecule has 2 heterocycles. The summed E-state index contributed by atoms with van der Waals surface area (Å²) in [7, 11) is 0. The SMILES string of the molecule is C[C@@H](Cn1cncn1)NC(=O)c1ccc2nc(Cc3ccccc3F)oc2c1. The van der Waals surface area contributed by atoms with E-state index in [0.29, 0.717) is 34.7 Å². The number of benzene rings is 2. The molecule has 0 aliphatic rings. The second-order valence-corrected chi connectivity index (χ2v) is 6.55. The van der Waals surface area contributed by atoms with Crippen LogP contribution in [0.4, 0.5) is 4.39 Å². The number of carbonyl (C=O) groups excluding carboxylic acids is 1. The van der Waals surface area contributed by atoms with Gasteiger partial charge in [0.05, 0.1) is 13.0 Å². The molecule has 0 fully saturated rings. The summed E-state index contributed by atoms with van der Waals surface area (Å²) in [5, 5.41) is 6.94. The molecule has 28 heavy (non-hydrogen) atoms. The maximum Gasteiger partial charge on any atom is 0.251 e. The molecular formula is C20H18FN5O2. The van der Waals surface area contributed by atoms with E-state index in [1.165, 1.54) is 12.4 Å². The van der Waals surface area contributed by atoms with Gasteiger partial charge in [0.1, 0.15) is 24.0 Å². The third-order valence-electron chi connectivity index (χ3n) is 4.30. The Bertz CT molecular complexity index is 1110. The van der Waals surface area contributed by atoms with E-state index in [2.05, 4.69) is 20.4 Å². The summed E-state index contributed by atoms with van der Waals surface area (Å²) in [6, 6.07) is 11.4. The molecule has 4 rings (SSSR count). The fourth-order valence-electron chi connectivity index (χ4n) is 2.95. The van der Waals surface area contributed by atoms with Crippen molar-refractivity contribution in [3.05, 3.63) is 78.0 Å². The van der Waals surface area contributed by atoms with Crippen LogP contribution in [0.25, 0.3) is 11.1 Å². The van der Waals surface area contributed by atoms with Crippen molar-refractivity contribution in [1.29, 1.82) is 0 Å². The minimum Gasteiger partial charge on any atom is -0.440 e. The van der Waals surface area contributed by atoms with Crippen LogP contribution in [0.2, 0.25) is 0 Å². The first-order valence-electron chi connectivity index (χ1n) is 8.84. The average molecular weight is 379 g/mol. The van der Waals surface area contributed by atoms with Crippen molar-refractivity contribution in [2.45, 2.75) is 25.9 Å². The van der Waals surface area contributed by atoms with Crippen molar-refractivity contribution in [2.75, 3.05) is 0 Å². The van der Waals surface area contributed by atoms with Crippen LogP contribution < -0.4 is 5.32 Å². The Hall–Kier alpha value is -3.55. The molecular weight excluding hydrogens is 361 g/mol. The highest BCUT2D eigenvalue weighted by molar-refractivity contribution is 5.97. The molecule has 0 saturated heterocycles. The second-order valence-electron chi connectivity index (χ2n) is 6.55. The molecule has 0 bridgehead atoms. The first-order valence-corrected chi connectivity index (χ1v) is 8.84. The topological polar surface area (TPSA) is 85.8 Å². The lowest BCUT2D eigenvalue weighted by molar-refractivity contribution is 0.0936. The summed E-state index contributed by atoms with van der Waals surface area (Å²) in [4.78, 5) is 20.8. The van der Waals surface area contributed by atoms with Gasteiger partial charge in [-0.25, -0.2) is 14.4 Å². The van der Waals surface area contributed by atoms with Crippen LogP contribution >= 0.6 is 0 Å². The number of hydrogen-bond acceptors (Lipinski definition) is 5. The smallest absolute Gasteiger partial charge is 0.251 e. The van der Waals surface area contributed by atoms with E-state index in [9.17, 15) is 9.18 Å². The summed E-state index contributed by atoms with van der Waals surface area (Å²) >= 11 is 0. The lowest BCUT2D eigenvalue weighted by atomic mass is 10.1. The second kappa shape index (κ2) is 7.59. The molecule has 142 valence electrons. The number of halogens is 1. The highest BCUT2D eigenvalue weighted by Crippen LogP contribution is 2.20. The molecule has 8 heteroatoms. The van der Waals surface area contributed by atoms with Gasteiger partial charge >= 0.3 is 0 Å². The van der Waals surface area contributed by atoms with E-state index in [0.717, 1.165) is 0 Å². The zero-order chi connectivity index (χ0) is 19.5. The quantitative estimate of drug-likeness (QED) is 0.557. The Kier molecular flexibility index (Phi) is 4.84. The van der Waals surface area contributed by atoms with Crippen molar-refractivity contribution >= 4 is 17.0 Å². The van der Waals surface area contributed by atoms with E-state index in [4.69, 9.17) is 4.42 Å². The number of amides is 1. The Morgan fingerprint density at radius 3 is 2.93 bits per heavy atom. The molecule has 1 N–H and O–H groups in total. The van der Waals surface area contributed by atoms with Crippen molar-refractivity contribution in [3.8, 4) is 0 Å². The van der Waals surface area contributed by atoms with Crippen LogP contribution in [0.3, 0.4) is 0 Å². The maximum absolute atomic E-state index is 13.8. The van der Waals surface area contributed by atoms with E-state index in [1.54, 1.807) is 47.4 Å². The molecule has 1 amide bonds. The van der Waals surface area contributed by atoms with E-state index < -0.39 is 0 Å². The normalized spacial score (nSPS) is 12.2. The highest BCUT2D eigenvalue weighted by atomic mass is 19.1. The average Bonchev–Trinajstić information content (AvgIpc) is 3.31. The van der Waals surface area contributed by atoms with Crippen LogP contribution in [0, 0.1) is 5.82 Å². The number of rotatable bonds is 6. The molecule has 1 atom stereocenters. The van der Waals surface area contributed by atoms with Gasteiger partial charge in [-0.1, -0.05) is 18.2 Å². The van der Waals surface area contributed by atoms with Gasteiger partial charge in [-0.05, 0) is 36.8 Å². The molecule has 2 aromatic carbocycles. The molecule has 0 aliphatic heterocycles. The fraction of sp³-hybridized carbons (Fsp3) is 0.200. The third-order valence-corrected chi connectivity index (χ3v) is 4.30. The number of carbonyl (C=O) groups is 1. The molecule has 0 unspecified atom stereocenters. The zero-order valence-corrected chi connectivity index (χ0v) is 15.2. The fourth-order valence-corrected chi connectivity index (χ4v) is 2.95. The summed E-state index contributed by atoms with van der Waals surface area (Å²) in [5.41, 5.74) is 2.09. The molecule has 4 aromatic rings. The molecule has 0 radical (unpaired) electrons. The summed E-state index contributed by atoms with van der Waals surface area (Å²) in [6.07, 6.45) is 3.30. The standard InChI is InChI=1S/C20H18FN5O2/c1-13(10-26-12-22-11-23-26)24-20(27)15-6-7-17-18(8-15)28-19(25-17)9-14-4-2-3-5-16(14)21/h2-8,11-13H,9-10H2,1H3,(H,24,27)/t13-/m0/s1. The van der Waals surface area contributed by atoms with E-state index in [1.807, 2.05) is 6.92 Å². The summed E-state index contributed by atoms with van der Waals surface area (Å²) in [6.45, 7) is 2.40. The summed E-state index contributed by atoms with van der Waals surface area (Å²) < 4.78 is 21.2. The van der Waals surface area contributed by atoms with Crippen LogP contribution in [0.15, 0.2) is 59.5 Å². The Labute approximate surface area is 160 Å². The number of hydrogen-bond donors (Lipinski definition) is 1. The lowest BCUT2D eigenvalue weighted by Crippen LogP contribution is -2.35. The number of nitrogens with one attached hydrogen (secondary N) is 1. The van der Waals surface area contributed by atoms with Crippen molar-refractivity contribution in [2.24, 2.45) is 0 Å². The Morgan fingerprint density at radius 1 is 1.29 bits per heavy atom. The third kappa shape index (κ3) is 3.90. The number of fused-ring (bicyclic) bond motifs is 1. The first-order chi connectivity index (χ1) is 13.6. The van der Waals surface area contributed by atoms with Gasteiger partial charge in [0, 0.05) is 11.6 Å². The van der Waals surface area contributed by atoms with E-state index >= 15 is 0 Å². The highest BCUT2D eigenvalue weighted by Gasteiger charge is 2.14. The number of nitrogens with zero attached hydrogens (tertiary/aromatic N) is 4. The molecule has 7 nitrogen and oxygen atoms in total. The number of oxazole rings is 1. The molecule has 2 aromatic heterocycles. The monoisotopic (exact) mass is 379 g/mol. The minimum atomic E-state index is -0.300. The van der Waals surface area contributed by atoms with Gasteiger partial charge in [-0.3, -0.25) is 9.48 Å². The van der Waals surface area contributed by atoms with Gasteiger partial charge < -0.3 is 9.73 Å². The van der Waals surface area contributed by atoms with E-state index in [-0.39, 0.29) is 24.2 Å². The predicted octanol–water partition coefficient (Wildman–Crippen LogP) is 2.97. The van der Waals surface area contributed by atoms with Crippen molar-refractivity contribution < 1.29 is 13.6 Å². The van der Waals surface area contributed by atoms with Gasteiger partial charge in [0.15, 0.2) is 11.5 Å². The molecule has 0 aliphatic carbocycles. The molecule has 0 spiro atoms. The van der Waals surface area contributed by atoms with Crippen LogP contribution in [0.5, 0.6) is 0 Å². The van der Waals surface area contributed by atoms with Crippen LogP contribution in [-0.2, 0) is 13.0 Å². The largest absolute Gasteiger partial charge is 0.440 e. The minimum absolute atomic E-state index is 0.128. The first kappa shape index (κ1) is 17.8. The van der Waals surface area contributed by atoms with Crippen molar-refractivity contribution in [1.82, 2.24) is 25.1 Å². The van der Waals surface area contributed by atoms with Gasteiger partial charge in [0.25, 0.3) is 5.91 Å². The zero-order valence-electron chi connectivity index (χ0n) is 15.2. The van der Waals surface area contributed by atoms with Gasteiger partial charge in [-0.2, -0.15) is 5.10 Å². The number of aromatic nitrogens is 4. The van der Waals surface area contributed by atoms with Crippen LogP contribution in [0.1, 0.15) is 28.7 Å². The predicted molar refractivity (Wildman–Crippen MR) is 100 cm³/mol. The maximum atomic E-state index is 13.8. The van der Waals surface area contributed by atoms with Crippen LogP contribution in [-0.4, -0.2) is 31.7 Å². The Balaban J connectivity index is 1.48. The van der Waals surface area contributed by atoms with Crippen molar-refractivity contribution in [3.63, 3.8) is 0 Å². The Morgan fingerprint density at radius 2 is 2.14 bits per heavy atom. The molecule has 0 saturated carbocycles. The van der Waals surface area contributed by atoms with Gasteiger partial charge in [0.2, 0.25) is 0 Å². The van der Waals surface area contributed by atoms with Gasteiger partial charge in [-0.15, -0.1) is 0 Å². The lowest BCUT2D eigenvalue weighted by Gasteiger charge is -2.13. The summed E-state index contributed by atoms with van der Waals surface area (Å²) in [5.74, 6) is -0.120.